The summed E-state index contributed by atoms with van der Waals surface area (Å²) in [6.45, 7) is 5.01. The zero-order valence-corrected chi connectivity index (χ0v) is 15.2. The quantitative estimate of drug-likeness (QED) is 0.730. The smallest absolute Gasteiger partial charge is 0.163 e. The molecular formula is C22H24N4. The van der Waals surface area contributed by atoms with Gasteiger partial charge in [-0.1, -0.05) is 60.2 Å². The van der Waals surface area contributed by atoms with E-state index in [4.69, 9.17) is 9.97 Å². The highest BCUT2D eigenvalue weighted by Crippen LogP contribution is 2.25. The second kappa shape index (κ2) is 7.56. The van der Waals surface area contributed by atoms with Crippen LogP contribution in [0.5, 0.6) is 0 Å². The van der Waals surface area contributed by atoms with E-state index in [1.165, 1.54) is 24.0 Å². The summed E-state index contributed by atoms with van der Waals surface area (Å²) < 4.78 is 0. The van der Waals surface area contributed by atoms with Crippen LogP contribution in [0.1, 0.15) is 24.0 Å². The first-order valence-electron chi connectivity index (χ1n) is 9.27. The number of hydrogen-bond acceptors (Lipinski definition) is 4. The van der Waals surface area contributed by atoms with Crippen LogP contribution >= 0.6 is 0 Å². The van der Waals surface area contributed by atoms with Gasteiger partial charge in [-0.05, 0) is 25.3 Å². The molecule has 4 rings (SSSR count). The van der Waals surface area contributed by atoms with Crippen molar-refractivity contribution >= 4 is 11.6 Å². The molecule has 0 spiro atoms. The van der Waals surface area contributed by atoms with Crippen molar-refractivity contribution < 1.29 is 0 Å². The second-order valence-electron chi connectivity index (χ2n) is 6.83. The van der Waals surface area contributed by atoms with Crippen molar-refractivity contribution in [3.63, 3.8) is 0 Å². The van der Waals surface area contributed by atoms with Gasteiger partial charge in [-0.3, -0.25) is 0 Å². The lowest BCUT2D eigenvalue weighted by Gasteiger charge is -2.18. The van der Waals surface area contributed by atoms with Crippen molar-refractivity contribution in [3.8, 4) is 11.4 Å². The number of rotatable bonds is 5. The minimum Gasteiger partial charge on any atom is -0.366 e. The van der Waals surface area contributed by atoms with E-state index in [1.807, 2.05) is 18.2 Å². The van der Waals surface area contributed by atoms with Crippen LogP contribution in [0.25, 0.3) is 11.4 Å². The van der Waals surface area contributed by atoms with Crippen molar-refractivity contribution in [2.24, 2.45) is 0 Å². The van der Waals surface area contributed by atoms with Gasteiger partial charge >= 0.3 is 0 Å². The van der Waals surface area contributed by atoms with E-state index in [0.29, 0.717) is 0 Å². The van der Waals surface area contributed by atoms with Gasteiger partial charge in [0.25, 0.3) is 0 Å². The van der Waals surface area contributed by atoms with Crippen molar-refractivity contribution in [1.82, 2.24) is 9.97 Å². The zero-order chi connectivity index (χ0) is 17.8. The maximum absolute atomic E-state index is 4.83. The Balaban J connectivity index is 1.61. The highest BCUT2D eigenvalue weighted by atomic mass is 15.2. The van der Waals surface area contributed by atoms with Crippen LogP contribution < -0.4 is 10.2 Å². The minimum atomic E-state index is 0.755. The Kier molecular flexibility index (Phi) is 4.82. The molecule has 3 aromatic rings. The fourth-order valence-corrected chi connectivity index (χ4v) is 3.25. The Morgan fingerprint density at radius 2 is 1.65 bits per heavy atom. The van der Waals surface area contributed by atoms with Gasteiger partial charge in [0.1, 0.15) is 11.6 Å². The number of benzene rings is 2. The van der Waals surface area contributed by atoms with E-state index in [9.17, 15) is 0 Å². The summed E-state index contributed by atoms with van der Waals surface area (Å²) in [6.07, 6.45) is 2.47. The summed E-state index contributed by atoms with van der Waals surface area (Å²) in [5, 5.41) is 3.48. The summed E-state index contributed by atoms with van der Waals surface area (Å²) >= 11 is 0. The van der Waals surface area contributed by atoms with Gasteiger partial charge in [0.15, 0.2) is 5.82 Å². The lowest BCUT2D eigenvalue weighted by atomic mass is 10.1. The summed E-state index contributed by atoms with van der Waals surface area (Å²) in [7, 11) is 0. The predicted octanol–water partition coefficient (Wildman–Crippen LogP) is 4.66. The number of hydrogen-bond donors (Lipinski definition) is 1. The van der Waals surface area contributed by atoms with E-state index in [0.717, 1.165) is 42.7 Å². The summed E-state index contributed by atoms with van der Waals surface area (Å²) in [4.78, 5) is 11.9. The largest absolute Gasteiger partial charge is 0.366 e. The summed E-state index contributed by atoms with van der Waals surface area (Å²) in [5.41, 5.74) is 3.57. The normalized spacial score (nSPS) is 13.8. The molecule has 4 heteroatoms. The maximum Gasteiger partial charge on any atom is 0.163 e. The monoisotopic (exact) mass is 344 g/mol. The molecule has 0 aliphatic carbocycles. The van der Waals surface area contributed by atoms with Crippen LogP contribution in [0.2, 0.25) is 0 Å². The molecule has 1 aromatic heterocycles. The first kappa shape index (κ1) is 16.6. The van der Waals surface area contributed by atoms with E-state index < -0.39 is 0 Å². The van der Waals surface area contributed by atoms with Gasteiger partial charge in [-0.2, -0.15) is 0 Å². The topological polar surface area (TPSA) is 41.0 Å². The van der Waals surface area contributed by atoms with E-state index in [-0.39, 0.29) is 0 Å². The Morgan fingerprint density at radius 1 is 0.923 bits per heavy atom. The van der Waals surface area contributed by atoms with Crippen LogP contribution in [-0.4, -0.2) is 23.1 Å². The van der Waals surface area contributed by atoms with E-state index in [2.05, 4.69) is 59.6 Å². The van der Waals surface area contributed by atoms with Gasteiger partial charge in [0.2, 0.25) is 0 Å². The molecule has 0 unspecified atom stereocenters. The Morgan fingerprint density at radius 3 is 2.38 bits per heavy atom. The molecule has 0 bridgehead atoms. The minimum absolute atomic E-state index is 0.755. The lowest BCUT2D eigenvalue weighted by molar-refractivity contribution is 0.928. The van der Waals surface area contributed by atoms with E-state index >= 15 is 0 Å². The van der Waals surface area contributed by atoms with Crippen molar-refractivity contribution in [2.45, 2.75) is 26.3 Å². The zero-order valence-electron chi connectivity index (χ0n) is 15.2. The number of nitrogens with zero attached hydrogens (tertiary/aromatic N) is 3. The summed E-state index contributed by atoms with van der Waals surface area (Å²) in [6, 6.07) is 20.9. The molecule has 1 N–H and O–H groups in total. The number of aromatic nitrogens is 2. The SMILES string of the molecule is Cc1ccc(CNc2cc(N3CCCC3)nc(-c3ccccc3)n2)cc1. The number of nitrogens with one attached hydrogen (secondary N) is 1. The molecule has 4 nitrogen and oxygen atoms in total. The average Bonchev–Trinajstić information content (AvgIpc) is 3.23. The lowest BCUT2D eigenvalue weighted by Crippen LogP contribution is -2.20. The summed E-state index contributed by atoms with van der Waals surface area (Å²) in [5.74, 6) is 2.67. The average molecular weight is 344 g/mol. The fourth-order valence-electron chi connectivity index (χ4n) is 3.25. The van der Waals surface area contributed by atoms with Gasteiger partial charge in [-0.25, -0.2) is 9.97 Å². The molecule has 132 valence electrons. The molecule has 1 aliphatic rings. The third-order valence-electron chi connectivity index (χ3n) is 4.77. The molecule has 0 radical (unpaired) electrons. The number of aryl methyl sites for hydroxylation is 1. The van der Waals surface area contributed by atoms with Crippen LogP contribution in [-0.2, 0) is 6.54 Å². The molecule has 0 atom stereocenters. The molecule has 0 amide bonds. The Labute approximate surface area is 154 Å². The molecule has 2 heterocycles. The van der Waals surface area contributed by atoms with Crippen LogP contribution in [0, 0.1) is 6.92 Å². The van der Waals surface area contributed by atoms with Gasteiger partial charge < -0.3 is 10.2 Å². The Hall–Kier alpha value is -2.88. The standard InChI is InChI=1S/C22H24N4/c1-17-9-11-18(12-10-17)16-23-20-15-21(26-13-5-6-14-26)25-22(24-20)19-7-3-2-4-8-19/h2-4,7-12,15H,5-6,13-14,16H2,1H3,(H,23,24,25). The molecule has 2 aromatic carbocycles. The molecule has 1 fully saturated rings. The number of anilines is 2. The molecule has 1 aliphatic heterocycles. The highest BCUT2D eigenvalue weighted by molar-refractivity contribution is 5.62. The van der Waals surface area contributed by atoms with Gasteiger partial charge in [-0.15, -0.1) is 0 Å². The molecule has 1 saturated heterocycles. The van der Waals surface area contributed by atoms with Gasteiger partial charge in [0, 0.05) is 31.3 Å². The van der Waals surface area contributed by atoms with Crippen LogP contribution in [0.3, 0.4) is 0 Å². The van der Waals surface area contributed by atoms with Crippen LogP contribution in [0.15, 0.2) is 60.7 Å². The van der Waals surface area contributed by atoms with Crippen molar-refractivity contribution in [2.75, 3.05) is 23.3 Å². The predicted molar refractivity (Wildman–Crippen MR) is 107 cm³/mol. The maximum atomic E-state index is 4.83. The van der Waals surface area contributed by atoms with Crippen LogP contribution in [0.4, 0.5) is 11.6 Å². The van der Waals surface area contributed by atoms with Crippen molar-refractivity contribution in [1.29, 1.82) is 0 Å². The highest BCUT2D eigenvalue weighted by Gasteiger charge is 2.16. The third-order valence-corrected chi connectivity index (χ3v) is 4.77. The molecule has 26 heavy (non-hydrogen) atoms. The molecular weight excluding hydrogens is 320 g/mol. The fraction of sp³-hybridized carbons (Fsp3) is 0.273. The Bertz CT molecular complexity index is 853. The first-order valence-corrected chi connectivity index (χ1v) is 9.27. The first-order chi connectivity index (χ1) is 12.8. The van der Waals surface area contributed by atoms with Crippen molar-refractivity contribution in [3.05, 3.63) is 71.8 Å². The molecule has 0 saturated carbocycles. The third kappa shape index (κ3) is 3.85. The van der Waals surface area contributed by atoms with Gasteiger partial charge in [0.05, 0.1) is 0 Å². The van der Waals surface area contributed by atoms with E-state index in [1.54, 1.807) is 0 Å². The second-order valence-corrected chi connectivity index (χ2v) is 6.83.